The molecule has 0 heterocycles. The molecule has 0 aromatic heterocycles. The van der Waals surface area contributed by atoms with Crippen LogP contribution < -0.4 is 10.1 Å². The molecule has 0 atom stereocenters. The summed E-state index contributed by atoms with van der Waals surface area (Å²) in [5, 5.41) is 2.95. The number of hydrogen-bond donors (Lipinski definition) is 1. The zero-order valence-corrected chi connectivity index (χ0v) is 11.6. The van der Waals surface area contributed by atoms with E-state index in [0.29, 0.717) is 16.1 Å². The Kier molecular flexibility index (Phi) is 5.11. The maximum Gasteiger partial charge on any atom is 0.387 e. The van der Waals surface area contributed by atoms with E-state index in [1.807, 2.05) is 0 Å². The fraction of sp³-hybridized carbons (Fsp3) is 0.133. The number of halogens is 3. The molecule has 0 radical (unpaired) electrons. The molecule has 2 aromatic rings. The second-order valence-corrected chi connectivity index (χ2v) is 4.56. The third-order valence-corrected chi connectivity index (χ3v) is 3.08. The van der Waals surface area contributed by atoms with E-state index in [1.165, 1.54) is 6.07 Å². The Morgan fingerprint density at radius 3 is 2.52 bits per heavy atom. The first kappa shape index (κ1) is 15.3. The van der Waals surface area contributed by atoms with Gasteiger partial charge in [0.25, 0.3) is 5.91 Å². The van der Waals surface area contributed by atoms with Crippen molar-refractivity contribution in [1.29, 1.82) is 0 Å². The highest BCUT2D eigenvalue weighted by Gasteiger charge is 2.12. The standard InChI is InChI=1S/C15H12ClF2NO2/c16-12-7-3-2-6-11(12)14(20)19-9-10-5-1-4-8-13(10)21-15(17)18/h1-8,15H,9H2,(H,19,20). The van der Waals surface area contributed by atoms with Crippen molar-refractivity contribution in [2.24, 2.45) is 0 Å². The lowest BCUT2D eigenvalue weighted by Gasteiger charge is -2.11. The van der Waals surface area contributed by atoms with E-state index in [4.69, 9.17) is 11.6 Å². The minimum absolute atomic E-state index is 0.0342. The van der Waals surface area contributed by atoms with Crippen LogP contribution in [0.25, 0.3) is 0 Å². The molecule has 0 fully saturated rings. The molecule has 0 saturated heterocycles. The highest BCUT2D eigenvalue weighted by molar-refractivity contribution is 6.33. The normalized spacial score (nSPS) is 10.5. The molecule has 0 aliphatic heterocycles. The minimum Gasteiger partial charge on any atom is -0.434 e. The molecular formula is C15H12ClF2NO2. The highest BCUT2D eigenvalue weighted by atomic mass is 35.5. The van der Waals surface area contributed by atoms with Gasteiger partial charge in [0.1, 0.15) is 5.75 Å². The molecule has 0 unspecified atom stereocenters. The zero-order chi connectivity index (χ0) is 15.2. The SMILES string of the molecule is O=C(NCc1ccccc1OC(F)F)c1ccccc1Cl. The Morgan fingerprint density at radius 1 is 1.14 bits per heavy atom. The monoisotopic (exact) mass is 311 g/mol. The number of ether oxygens (including phenoxy) is 1. The van der Waals surface area contributed by atoms with Gasteiger partial charge in [0.05, 0.1) is 10.6 Å². The van der Waals surface area contributed by atoms with Gasteiger partial charge in [-0.25, -0.2) is 0 Å². The molecule has 2 rings (SSSR count). The van der Waals surface area contributed by atoms with Crippen LogP contribution >= 0.6 is 11.6 Å². The van der Waals surface area contributed by atoms with Crippen LogP contribution in [-0.4, -0.2) is 12.5 Å². The van der Waals surface area contributed by atoms with E-state index < -0.39 is 6.61 Å². The van der Waals surface area contributed by atoms with Crippen molar-refractivity contribution in [3.05, 3.63) is 64.7 Å². The fourth-order valence-corrected chi connectivity index (χ4v) is 2.00. The number of carbonyl (C=O) groups excluding carboxylic acids is 1. The molecule has 21 heavy (non-hydrogen) atoms. The molecule has 2 aromatic carbocycles. The largest absolute Gasteiger partial charge is 0.434 e. The van der Waals surface area contributed by atoms with Crippen molar-refractivity contribution < 1.29 is 18.3 Å². The molecule has 0 spiro atoms. The summed E-state index contributed by atoms with van der Waals surface area (Å²) in [5.41, 5.74) is 0.782. The third-order valence-electron chi connectivity index (χ3n) is 2.75. The number of para-hydroxylation sites is 1. The number of alkyl halides is 2. The van der Waals surface area contributed by atoms with Crippen LogP contribution in [0.3, 0.4) is 0 Å². The summed E-state index contributed by atoms with van der Waals surface area (Å²) in [6.07, 6.45) is 0. The van der Waals surface area contributed by atoms with E-state index in [2.05, 4.69) is 10.1 Å². The summed E-state index contributed by atoms with van der Waals surface area (Å²) in [6, 6.07) is 12.9. The summed E-state index contributed by atoms with van der Waals surface area (Å²) in [5.74, 6) is -0.348. The van der Waals surface area contributed by atoms with Crippen LogP contribution in [0.2, 0.25) is 5.02 Å². The van der Waals surface area contributed by atoms with Gasteiger partial charge in [-0.1, -0.05) is 41.9 Å². The smallest absolute Gasteiger partial charge is 0.387 e. The lowest BCUT2D eigenvalue weighted by Crippen LogP contribution is -2.23. The Hall–Kier alpha value is -2.14. The van der Waals surface area contributed by atoms with E-state index in [0.717, 1.165) is 0 Å². The van der Waals surface area contributed by atoms with Gasteiger partial charge >= 0.3 is 6.61 Å². The molecule has 6 heteroatoms. The number of carbonyl (C=O) groups is 1. The van der Waals surface area contributed by atoms with Crippen molar-refractivity contribution >= 4 is 17.5 Å². The van der Waals surface area contributed by atoms with E-state index in [-0.39, 0.29) is 18.2 Å². The second kappa shape index (κ2) is 7.04. The zero-order valence-electron chi connectivity index (χ0n) is 10.9. The number of benzene rings is 2. The quantitative estimate of drug-likeness (QED) is 0.910. The Bertz CT molecular complexity index is 635. The predicted octanol–water partition coefficient (Wildman–Crippen LogP) is 3.87. The van der Waals surface area contributed by atoms with Gasteiger partial charge in [-0.2, -0.15) is 8.78 Å². The maximum atomic E-state index is 12.3. The minimum atomic E-state index is -2.91. The van der Waals surface area contributed by atoms with Gasteiger partial charge in [0, 0.05) is 12.1 Å². The van der Waals surface area contributed by atoms with Gasteiger partial charge in [-0.05, 0) is 18.2 Å². The van der Waals surface area contributed by atoms with E-state index in [9.17, 15) is 13.6 Å². The van der Waals surface area contributed by atoms with Crippen LogP contribution in [0.1, 0.15) is 15.9 Å². The van der Waals surface area contributed by atoms with E-state index >= 15 is 0 Å². The van der Waals surface area contributed by atoms with Gasteiger partial charge in [-0.15, -0.1) is 0 Å². The molecule has 0 bridgehead atoms. The average molecular weight is 312 g/mol. The second-order valence-electron chi connectivity index (χ2n) is 4.15. The Morgan fingerprint density at radius 2 is 1.81 bits per heavy atom. The van der Waals surface area contributed by atoms with Crippen molar-refractivity contribution in [2.45, 2.75) is 13.2 Å². The lowest BCUT2D eigenvalue weighted by atomic mass is 10.1. The Balaban J connectivity index is 2.07. The first-order valence-corrected chi connectivity index (χ1v) is 6.51. The van der Waals surface area contributed by atoms with Crippen molar-refractivity contribution in [1.82, 2.24) is 5.32 Å². The first-order chi connectivity index (χ1) is 10.1. The summed E-state index contributed by atoms with van der Waals surface area (Å²) >= 11 is 5.92. The molecule has 1 amide bonds. The van der Waals surface area contributed by atoms with Crippen LogP contribution in [0, 0.1) is 0 Å². The van der Waals surface area contributed by atoms with Crippen LogP contribution in [0.4, 0.5) is 8.78 Å². The molecule has 110 valence electrons. The van der Waals surface area contributed by atoms with Crippen molar-refractivity contribution in [3.63, 3.8) is 0 Å². The van der Waals surface area contributed by atoms with Crippen LogP contribution in [0.15, 0.2) is 48.5 Å². The maximum absolute atomic E-state index is 12.3. The lowest BCUT2D eigenvalue weighted by molar-refractivity contribution is -0.0504. The van der Waals surface area contributed by atoms with Crippen LogP contribution in [0.5, 0.6) is 5.75 Å². The Labute approximate surface area is 125 Å². The fourth-order valence-electron chi connectivity index (χ4n) is 1.78. The summed E-state index contributed by atoms with van der Waals surface area (Å²) in [7, 11) is 0. The number of nitrogens with one attached hydrogen (secondary N) is 1. The average Bonchev–Trinajstić information content (AvgIpc) is 2.46. The third kappa shape index (κ3) is 4.16. The summed E-state index contributed by atoms with van der Waals surface area (Å²) in [6.45, 7) is -2.85. The first-order valence-electron chi connectivity index (χ1n) is 6.13. The number of amides is 1. The van der Waals surface area contributed by atoms with Gasteiger partial charge < -0.3 is 10.1 Å². The molecule has 0 saturated carbocycles. The van der Waals surface area contributed by atoms with Crippen molar-refractivity contribution in [3.8, 4) is 5.75 Å². The van der Waals surface area contributed by atoms with Gasteiger partial charge in [0.15, 0.2) is 0 Å². The molecule has 3 nitrogen and oxygen atoms in total. The predicted molar refractivity (Wildman–Crippen MR) is 75.7 cm³/mol. The summed E-state index contributed by atoms with van der Waals surface area (Å²) in [4.78, 5) is 12.0. The highest BCUT2D eigenvalue weighted by Crippen LogP contribution is 2.20. The van der Waals surface area contributed by atoms with Gasteiger partial charge in [0.2, 0.25) is 0 Å². The summed E-state index contributed by atoms with van der Waals surface area (Å²) < 4.78 is 29.0. The molecular weight excluding hydrogens is 300 g/mol. The van der Waals surface area contributed by atoms with Gasteiger partial charge in [-0.3, -0.25) is 4.79 Å². The van der Waals surface area contributed by atoms with Crippen molar-refractivity contribution in [2.75, 3.05) is 0 Å². The molecule has 1 N–H and O–H groups in total. The molecule has 0 aliphatic carbocycles. The van der Waals surface area contributed by atoms with E-state index in [1.54, 1.807) is 42.5 Å². The topological polar surface area (TPSA) is 38.3 Å². The number of rotatable bonds is 5. The molecule has 0 aliphatic rings. The van der Waals surface area contributed by atoms with Crippen LogP contribution in [-0.2, 0) is 6.54 Å². The number of hydrogen-bond acceptors (Lipinski definition) is 2.